The molecule has 3 N–H and O–H groups in total. The number of carbonyl (C=O) groups is 4. The Labute approximate surface area is 222 Å². The SMILES string of the molecule is Cc1cccc(CNC(=O)C(=O)C(C)NC(=O)C(CC2CC2)n2cccc(NC(=O)OC(C)(C)C)c2=O)c1. The number of hydrogen-bond donors (Lipinski definition) is 3. The molecule has 1 aliphatic carbocycles. The van der Waals surface area contributed by atoms with E-state index < -0.39 is 46.9 Å². The van der Waals surface area contributed by atoms with Gasteiger partial charge in [0.05, 0.1) is 6.04 Å². The quantitative estimate of drug-likeness (QED) is 0.409. The van der Waals surface area contributed by atoms with Crippen molar-refractivity contribution in [2.45, 2.75) is 78.1 Å². The number of aryl methyl sites for hydroxylation is 1. The van der Waals surface area contributed by atoms with E-state index >= 15 is 0 Å². The molecule has 38 heavy (non-hydrogen) atoms. The predicted octanol–water partition coefficient (Wildman–Crippen LogP) is 3.24. The summed E-state index contributed by atoms with van der Waals surface area (Å²) >= 11 is 0. The van der Waals surface area contributed by atoms with Gasteiger partial charge in [-0.25, -0.2) is 4.79 Å². The second-order valence-electron chi connectivity index (χ2n) is 10.7. The van der Waals surface area contributed by atoms with Crippen LogP contribution in [0.15, 0.2) is 47.4 Å². The van der Waals surface area contributed by atoms with Crippen LogP contribution in [0.25, 0.3) is 0 Å². The van der Waals surface area contributed by atoms with E-state index in [2.05, 4.69) is 16.0 Å². The van der Waals surface area contributed by atoms with E-state index in [0.717, 1.165) is 24.0 Å². The fraction of sp³-hybridized carbons (Fsp3) is 0.464. The monoisotopic (exact) mass is 524 g/mol. The molecule has 1 saturated carbocycles. The van der Waals surface area contributed by atoms with Crippen LogP contribution in [0.3, 0.4) is 0 Å². The first-order valence-electron chi connectivity index (χ1n) is 12.7. The summed E-state index contributed by atoms with van der Waals surface area (Å²) < 4.78 is 6.47. The summed E-state index contributed by atoms with van der Waals surface area (Å²) in [6.45, 7) is 8.67. The molecule has 1 heterocycles. The van der Waals surface area contributed by atoms with Crippen LogP contribution in [0.4, 0.5) is 10.5 Å². The second kappa shape index (κ2) is 12.1. The standard InChI is InChI=1S/C28H36N4O6/c1-17-8-6-9-20(14-17)16-29-25(35)23(33)18(2)30-24(34)22(15-19-11-12-19)32-13-7-10-21(26(32)36)31-27(37)38-28(3,4)5/h6-10,13-14,18-19,22H,11-12,15-16H2,1-5H3,(H,29,35)(H,30,34)(H,31,37). The summed E-state index contributed by atoms with van der Waals surface area (Å²) in [6, 6.07) is 8.51. The average Bonchev–Trinajstić information content (AvgIpc) is 3.65. The number of anilines is 1. The third-order valence-corrected chi connectivity index (χ3v) is 6.01. The maximum Gasteiger partial charge on any atom is 0.412 e. The molecule has 1 aromatic heterocycles. The molecular formula is C28H36N4O6. The Morgan fingerprint density at radius 1 is 1.11 bits per heavy atom. The molecule has 0 aliphatic heterocycles. The first kappa shape index (κ1) is 28.6. The van der Waals surface area contributed by atoms with E-state index in [1.807, 2.05) is 31.2 Å². The van der Waals surface area contributed by atoms with Crippen molar-refractivity contribution in [2.24, 2.45) is 5.92 Å². The Morgan fingerprint density at radius 2 is 1.82 bits per heavy atom. The van der Waals surface area contributed by atoms with E-state index in [4.69, 9.17) is 4.74 Å². The maximum absolute atomic E-state index is 13.3. The number of pyridine rings is 1. The largest absolute Gasteiger partial charge is 0.444 e. The zero-order valence-corrected chi connectivity index (χ0v) is 22.5. The summed E-state index contributed by atoms with van der Waals surface area (Å²) in [7, 11) is 0. The van der Waals surface area contributed by atoms with E-state index in [-0.39, 0.29) is 18.2 Å². The van der Waals surface area contributed by atoms with Crippen LogP contribution in [-0.4, -0.2) is 39.9 Å². The predicted molar refractivity (Wildman–Crippen MR) is 143 cm³/mol. The molecule has 10 heteroatoms. The number of Topliss-reactive ketones (excluding diaryl/α,β-unsaturated/α-hetero) is 1. The van der Waals surface area contributed by atoms with Crippen molar-refractivity contribution in [1.29, 1.82) is 0 Å². The molecule has 0 radical (unpaired) electrons. The molecule has 2 atom stereocenters. The molecule has 2 unspecified atom stereocenters. The van der Waals surface area contributed by atoms with Crippen LogP contribution in [0, 0.1) is 12.8 Å². The summed E-state index contributed by atoms with van der Waals surface area (Å²) in [6.07, 6.45) is 2.94. The van der Waals surface area contributed by atoms with Gasteiger partial charge in [0.25, 0.3) is 11.5 Å². The van der Waals surface area contributed by atoms with Crippen LogP contribution >= 0.6 is 0 Å². The summed E-state index contributed by atoms with van der Waals surface area (Å²) in [4.78, 5) is 63.7. The highest BCUT2D eigenvalue weighted by molar-refractivity contribution is 6.38. The molecule has 2 aromatic rings. The van der Waals surface area contributed by atoms with Crippen LogP contribution in [-0.2, 0) is 25.7 Å². The smallest absolute Gasteiger partial charge is 0.412 e. The lowest BCUT2D eigenvalue weighted by Gasteiger charge is -2.23. The number of hydrogen-bond acceptors (Lipinski definition) is 6. The molecule has 0 bridgehead atoms. The highest BCUT2D eigenvalue weighted by Gasteiger charge is 2.33. The van der Waals surface area contributed by atoms with Crippen molar-refractivity contribution in [3.05, 3.63) is 64.1 Å². The van der Waals surface area contributed by atoms with Crippen molar-refractivity contribution < 1.29 is 23.9 Å². The molecule has 1 aliphatic rings. The molecule has 3 amide bonds. The lowest BCUT2D eigenvalue weighted by atomic mass is 10.1. The maximum atomic E-state index is 13.3. The number of aromatic nitrogens is 1. The number of carbonyl (C=O) groups excluding carboxylic acids is 4. The van der Waals surface area contributed by atoms with Crippen molar-refractivity contribution in [2.75, 3.05) is 5.32 Å². The molecule has 0 saturated heterocycles. The van der Waals surface area contributed by atoms with Crippen molar-refractivity contribution in [3.63, 3.8) is 0 Å². The van der Waals surface area contributed by atoms with Gasteiger partial charge in [0, 0.05) is 12.7 Å². The molecule has 204 valence electrons. The molecule has 1 fully saturated rings. The number of ether oxygens (including phenoxy) is 1. The zero-order chi connectivity index (χ0) is 28.0. The molecule has 10 nitrogen and oxygen atoms in total. The molecular weight excluding hydrogens is 488 g/mol. The van der Waals surface area contributed by atoms with Crippen LogP contribution < -0.4 is 21.5 Å². The van der Waals surface area contributed by atoms with Gasteiger partial charge in [0.1, 0.15) is 17.3 Å². The third-order valence-electron chi connectivity index (χ3n) is 6.01. The number of nitrogens with one attached hydrogen (secondary N) is 3. The minimum atomic E-state index is -1.10. The van der Waals surface area contributed by atoms with Gasteiger partial charge in [-0.05, 0) is 64.7 Å². The fourth-order valence-corrected chi connectivity index (χ4v) is 3.94. The Kier molecular flexibility index (Phi) is 9.08. The number of ketones is 1. The van der Waals surface area contributed by atoms with E-state index in [1.54, 1.807) is 26.8 Å². The van der Waals surface area contributed by atoms with Crippen LogP contribution in [0.5, 0.6) is 0 Å². The van der Waals surface area contributed by atoms with Gasteiger partial charge in [-0.15, -0.1) is 0 Å². The van der Waals surface area contributed by atoms with Crippen molar-refractivity contribution in [3.8, 4) is 0 Å². The molecule has 1 aromatic carbocycles. The fourth-order valence-electron chi connectivity index (χ4n) is 3.94. The van der Waals surface area contributed by atoms with Gasteiger partial charge >= 0.3 is 6.09 Å². The highest BCUT2D eigenvalue weighted by atomic mass is 16.6. The molecule has 0 spiro atoms. The van der Waals surface area contributed by atoms with Crippen molar-refractivity contribution in [1.82, 2.24) is 15.2 Å². The highest BCUT2D eigenvalue weighted by Crippen LogP contribution is 2.36. The van der Waals surface area contributed by atoms with E-state index in [1.165, 1.54) is 23.8 Å². The number of benzene rings is 1. The Bertz CT molecular complexity index is 1260. The minimum Gasteiger partial charge on any atom is -0.444 e. The van der Waals surface area contributed by atoms with Gasteiger partial charge in [-0.2, -0.15) is 0 Å². The van der Waals surface area contributed by atoms with Gasteiger partial charge < -0.3 is 19.9 Å². The Hall–Kier alpha value is -3.95. The van der Waals surface area contributed by atoms with Crippen molar-refractivity contribution >= 4 is 29.4 Å². The zero-order valence-electron chi connectivity index (χ0n) is 22.5. The van der Waals surface area contributed by atoms with E-state index in [0.29, 0.717) is 6.42 Å². The topological polar surface area (TPSA) is 136 Å². The lowest BCUT2D eigenvalue weighted by molar-refractivity contribution is -0.140. The van der Waals surface area contributed by atoms with Crippen LogP contribution in [0.2, 0.25) is 0 Å². The summed E-state index contributed by atoms with van der Waals surface area (Å²) in [5.74, 6) is -1.88. The lowest BCUT2D eigenvalue weighted by Crippen LogP contribution is -2.48. The normalized spacial score (nSPS) is 14.7. The number of nitrogens with zero attached hydrogens (tertiary/aromatic N) is 1. The first-order chi connectivity index (χ1) is 17.8. The van der Waals surface area contributed by atoms with Gasteiger partial charge in [0.15, 0.2) is 0 Å². The first-order valence-corrected chi connectivity index (χ1v) is 12.7. The van der Waals surface area contributed by atoms with Crippen LogP contribution in [0.1, 0.15) is 64.1 Å². The third kappa shape index (κ3) is 8.29. The average molecular weight is 525 g/mol. The van der Waals surface area contributed by atoms with E-state index in [9.17, 15) is 24.0 Å². The summed E-state index contributed by atoms with van der Waals surface area (Å²) in [5, 5.41) is 7.63. The second-order valence-corrected chi connectivity index (χ2v) is 10.7. The molecule has 3 rings (SSSR count). The van der Waals surface area contributed by atoms with Gasteiger partial charge in [-0.3, -0.25) is 24.5 Å². The Morgan fingerprint density at radius 3 is 2.45 bits per heavy atom. The number of amides is 3. The summed E-state index contributed by atoms with van der Waals surface area (Å²) in [5.41, 5.74) is 0.531. The van der Waals surface area contributed by atoms with Gasteiger partial charge in [-0.1, -0.05) is 42.7 Å². The number of rotatable bonds is 10. The van der Waals surface area contributed by atoms with Gasteiger partial charge in [0.2, 0.25) is 11.7 Å². The Balaban J connectivity index is 1.69. The minimum absolute atomic E-state index is 0.0324.